The molecule has 0 saturated heterocycles. The Kier molecular flexibility index (Phi) is 4.15. The summed E-state index contributed by atoms with van der Waals surface area (Å²) in [6.07, 6.45) is 3.72. The Balaban J connectivity index is 1.81. The van der Waals surface area contributed by atoms with Crippen molar-refractivity contribution in [3.05, 3.63) is 70.7 Å². The maximum absolute atomic E-state index is 13.5. The lowest BCUT2D eigenvalue weighted by Crippen LogP contribution is -2.20. The monoisotopic (exact) mass is 310 g/mol. The minimum Gasteiger partial charge on any atom is -0.505 e. The SMILES string of the molecule is Cc1ccc(CN2C=C(c3ccc(O)c(F)c3)C=NC2)cc1C. The molecule has 0 bridgehead atoms. The standard InChI is InChI=1S/C19H19FN2O/c1-13-3-4-15(7-14(13)2)10-22-11-17(9-21-12-22)16-5-6-19(23)18(20)8-16/h3-9,11,23H,10,12H2,1-2H3. The van der Waals surface area contributed by atoms with E-state index in [0.717, 1.165) is 12.1 Å². The first-order valence-corrected chi connectivity index (χ1v) is 7.53. The van der Waals surface area contributed by atoms with Crippen molar-refractivity contribution < 1.29 is 9.50 Å². The van der Waals surface area contributed by atoms with Gasteiger partial charge >= 0.3 is 0 Å². The summed E-state index contributed by atoms with van der Waals surface area (Å²) in [5, 5.41) is 9.30. The summed E-state index contributed by atoms with van der Waals surface area (Å²) in [6, 6.07) is 10.8. The first-order chi connectivity index (χ1) is 11.0. The van der Waals surface area contributed by atoms with E-state index in [1.807, 2.05) is 6.20 Å². The van der Waals surface area contributed by atoms with Gasteiger partial charge in [0.05, 0.1) is 0 Å². The first kappa shape index (κ1) is 15.3. The number of hydrogen-bond donors (Lipinski definition) is 1. The topological polar surface area (TPSA) is 35.8 Å². The predicted octanol–water partition coefficient (Wildman–Crippen LogP) is 4.03. The summed E-state index contributed by atoms with van der Waals surface area (Å²) in [4.78, 5) is 6.44. The quantitative estimate of drug-likeness (QED) is 0.929. The van der Waals surface area contributed by atoms with Crippen LogP contribution >= 0.6 is 0 Å². The Morgan fingerprint density at radius 2 is 1.96 bits per heavy atom. The summed E-state index contributed by atoms with van der Waals surface area (Å²) in [5.74, 6) is -0.961. The zero-order valence-electron chi connectivity index (χ0n) is 13.3. The number of hydrogen-bond acceptors (Lipinski definition) is 3. The Bertz CT molecular complexity index is 796. The molecule has 0 unspecified atom stereocenters. The Morgan fingerprint density at radius 3 is 2.70 bits per heavy atom. The highest BCUT2D eigenvalue weighted by molar-refractivity contribution is 6.10. The third kappa shape index (κ3) is 3.42. The zero-order valence-corrected chi connectivity index (χ0v) is 13.3. The van der Waals surface area contributed by atoms with E-state index in [9.17, 15) is 9.50 Å². The molecule has 2 aromatic rings. The van der Waals surface area contributed by atoms with E-state index in [1.165, 1.54) is 28.8 Å². The number of aromatic hydroxyl groups is 1. The van der Waals surface area contributed by atoms with Crippen LogP contribution in [0.25, 0.3) is 5.57 Å². The van der Waals surface area contributed by atoms with Gasteiger partial charge in [-0.2, -0.15) is 0 Å². The van der Waals surface area contributed by atoms with E-state index in [0.29, 0.717) is 12.2 Å². The van der Waals surface area contributed by atoms with Gasteiger partial charge in [-0.15, -0.1) is 0 Å². The molecule has 1 aliphatic rings. The van der Waals surface area contributed by atoms with Crippen LogP contribution in [0.1, 0.15) is 22.3 Å². The lowest BCUT2D eigenvalue weighted by molar-refractivity contribution is 0.381. The second-order valence-electron chi connectivity index (χ2n) is 5.87. The predicted molar refractivity (Wildman–Crippen MR) is 90.9 cm³/mol. The molecule has 0 fully saturated rings. The Labute approximate surface area is 135 Å². The van der Waals surface area contributed by atoms with Crippen LogP contribution in [0.2, 0.25) is 0 Å². The highest BCUT2D eigenvalue weighted by Gasteiger charge is 2.11. The van der Waals surface area contributed by atoms with E-state index in [-0.39, 0.29) is 5.75 Å². The second-order valence-corrected chi connectivity index (χ2v) is 5.87. The molecule has 0 aliphatic carbocycles. The van der Waals surface area contributed by atoms with Crippen LogP contribution in [-0.4, -0.2) is 22.9 Å². The van der Waals surface area contributed by atoms with Gasteiger partial charge < -0.3 is 10.0 Å². The van der Waals surface area contributed by atoms with Gasteiger partial charge in [-0.3, -0.25) is 4.99 Å². The summed E-state index contributed by atoms with van der Waals surface area (Å²) in [7, 11) is 0. The first-order valence-electron chi connectivity index (χ1n) is 7.53. The second kappa shape index (κ2) is 6.24. The van der Waals surface area contributed by atoms with Crippen LogP contribution < -0.4 is 0 Å². The number of nitrogens with zero attached hydrogens (tertiary/aromatic N) is 2. The maximum atomic E-state index is 13.5. The average Bonchev–Trinajstić information content (AvgIpc) is 2.54. The van der Waals surface area contributed by atoms with Crippen LogP contribution in [0.3, 0.4) is 0 Å². The fourth-order valence-electron chi connectivity index (χ4n) is 2.58. The molecule has 3 rings (SSSR count). The lowest BCUT2D eigenvalue weighted by Gasteiger charge is -2.23. The van der Waals surface area contributed by atoms with Gasteiger partial charge in [0.15, 0.2) is 11.6 Å². The molecule has 0 spiro atoms. The molecular formula is C19H19FN2O. The summed E-state index contributed by atoms with van der Waals surface area (Å²) in [5.41, 5.74) is 5.31. The normalized spacial score (nSPS) is 14.0. The van der Waals surface area contributed by atoms with E-state index < -0.39 is 5.82 Å². The number of allylic oxidation sites excluding steroid dienone is 1. The number of aryl methyl sites for hydroxylation is 2. The van der Waals surface area contributed by atoms with Crippen molar-refractivity contribution in [1.29, 1.82) is 0 Å². The number of halogens is 1. The highest BCUT2D eigenvalue weighted by atomic mass is 19.1. The summed E-state index contributed by atoms with van der Waals surface area (Å²) >= 11 is 0. The lowest BCUT2D eigenvalue weighted by atomic mass is 10.0. The van der Waals surface area contributed by atoms with Gasteiger partial charge in [-0.05, 0) is 48.2 Å². The minimum atomic E-state index is -0.622. The van der Waals surface area contributed by atoms with Crippen LogP contribution in [0.5, 0.6) is 5.75 Å². The van der Waals surface area contributed by atoms with Gasteiger partial charge in [0.2, 0.25) is 0 Å². The van der Waals surface area contributed by atoms with Crippen LogP contribution in [0, 0.1) is 19.7 Å². The van der Waals surface area contributed by atoms with Crippen molar-refractivity contribution in [2.45, 2.75) is 20.4 Å². The summed E-state index contributed by atoms with van der Waals surface area (Å²) in [6.45, 7) is 5.54. The van der Waals surface area contributed by atoms with E-state index in [1.54, 1.807) is 12.3 Å². The molecule has 2 aromatic carbocycles. The van der Waals surface area contributed by atoms with Gasteiger partial charge in [0.25, 0.3) is 0 Å². The number of aliphatic imine (C=N–C) groups is 1. The molecule has 1 aliphatic heterocycles. The molecule has 0 radical (unpaired) electrons. The van der Waals surface area contributed by atoms with Crippen molar-refractivity contribution in [1.82, 2.24) is 4.90 Å². The molecule has 118 valence electrons. The number of phenols is 1. The third-order valence-corrected chi connectivity index (χ3v) is 4.05. The maximum Gasteiger partial charge on any atom is 0.165 e. The molecule has 23 heavy (non-hydrogen) atoms. The molecule has 0 atom stereocenters. The van der Waals surface area contributed by atoms with Crippen molar-refractivity contribution in [3.8, 4) is 5.75 Å². The van der Waals surface area contributed by atoms with Crippen molar-refractivity contribution in [2.75, 3.05) is 6.67 Å². The molecule has 1 heterocycles. The van der Waals surface area contributed by atoms with Gasteiger partial charge in [-0.25, -0.2) is 4.39 Å². The highest BCUT2D eigenvalue weighted by Crippen LogP contribution is 2.23. The third-order valence-electron chi connectivity index (χ3n) is 4.05. The van der Waals surface area contributed by atoms with Gasteiger partial charge in [0, 0.05) is 24.5 Å². The molecule has 3 nitrogen and oxygen atoms in total. The van der Waals surface area contributed by atoms with Crippen molar-refractivity contribution >= 4 is 11.8 Å². The average molecular weight is 310 g/mol. The van der Waals surface area contributed by atoms with E-state index in [4.69, 9.17) is 0 Å². The fourth-order valence-corrected chi connectivity index (χ4v) is 2.58. The smallest absolute Gasteiger partial charge is 0.165 e. The molecule has 4 heteroatoms. The fraction of sp³-hybridized carbons (Fsp3) is 0.211. The molecule has 1 N–H and O–H groups in total. The number of rotatable bonds is 3. The number of benzene rings is 2. The molecule has 0 aromatic heterocycles. The van der Waals surface area contributed by atoms with Crippen molar-refractivity contribution in [2.24, 2.45) is 4.99 Å². The van der Waals surface area contributed by atoms with E-state index >= 15 is 0 Å². The van der Waals surface area contributed by atoms with Crippen molar-refractivity contribution in [3.63, 3.8) is 0 Å². The van der Waals surface area contributed by atoms with Gasteiger partial charge in [-0.1, -0.05) is 24.3 Å². The Morgan fingerprint density at radius 1 is 1.13 bits per heavy atom. The van der Waals surface area contributed by atoms with E-state index in [2.05, 4.69) is 41.9 Å². The summed E-state index contributed by atoms with van der Waals surface area (Å²) < 4.78 is 13.5. The van der Waals surface area contributed by atoms with Crippen LogP contribution in [0.15, 0.2) is 47.6 Å². The zero-order chi connectivity index (χ0) is 16.4. The largest absolute Gasteiger partial charge is 0.505 e. The van der Waals surface area contributed by atoms with Crippen LogP contribution in [0.4, 0.5) is 4.39 Å². The Hall–Kier alpha value is -2.62. The minimum absolute atomic E-state index is 0.339. The van der Waals surface area contributed by atoms with Crippen LogP contribution in [-0.2, 0) is 6.54 Å². The molecule has 0 saturated carbocycles. The molecule has 0 amide bonds. The number of phenolic OH excluding ortho intramolecular Hbond substituents is 1. The molecular weight excluding hydrogens is 291 g/mol. The van der Waals surface area contributed by atoms with Gasteiger partial charge in [0.1, 0.15) is 6.67 Å².